The number of benzene rings is 1. The molecule has 27 heavy (non-hydrogen) atoms. The quantitative estimate of drug-likeness (QED) is 0.764. The fraction of sp³-hybridized carbons (Fsp3) is 0.647. The molecule has 0 unspecified atom stereocenters. The van der Waals surface area contributed by atoms with Gasteiger partial charge in [0.2, 0.25) is 20.0 Å². The van der Waals surface area contributed by atoms with Crippen LogP contribution in [0.3, 0.4) is 0 Å². The Morgan fingerprint density at radius 1 is 1.00 bits per heavy atom. The molecule has 1 aromatic carbocycles. The highest BCUT2D eigenvalue weighted by Gasteiger charge is 2.32. The second-order valence-electron chi connectivity index (χ2n) is 7.41. The maximum Gasteiger partial charge on any atom is 0.243 e. The SMILES string of the molecule is CC1(C)C[C@H](NS(=O)(=O)c2ccc(S(=O)(=O)N3CCOCC3)cc2)CCO1. The van der Waals surface area contributed by atoms with Crippen molar-refractivity contribution >= 4 is 20.0 Å². The van der Waals surface area contributed by atoms with Crippen molar-refractivity contribution < 1.29 is 26.3 Å². The van der Waals surface area contributed by atoms with Gasteiger partial charge in [0, 0.05) is 25.7 Å². The predicted molar refractivity (Wildman–Crippen MR) is 99.4 cm³/mol. The molecular weight excluding hydrogens is 392 g/mol. The van der Waals surface area contributed by atoms with Gasteiger partial charge < -0.3 is 9.47 Å². The molecule has 0 bridgehead atoms. The van der Waals surface area contributed by atoms with Crippen LogP contribution in [0, 0.1) is 0 Å². The molecule has 152 valence electrons. The van der Waals surface area contributed by atoms with E-state index < -0.39 is 20.0 Å². The second kappa shape index (κ2) is 7.76. The van der Waals surface area contributed by atoms with E-state index in [1.165, 1.54) is 28.6 Å². The molecule has 2 heterocycles. The average molecular weight is 419 g/mol. The number of hydrogen-bond donors (Lipinski definition) is 1. The van der Waals surface area contributed by atoms with E-state index in [-0.39, 0.29) is 21.4 Å². The molecule has 2 fully saturated rings. The first-order valence-electron chi connectivity index (χ1n) is 8.94. The Kier molecular flexibility index (Phi) is 5.95. The number of sulfonamides is 2. The lowest BCUT2D eigenvalue weighted by molar-refractivity contribution is -0.0599. The van der Waals surface area contributed by atoms with Gasteiger partial charge in [-0.3, -0.25) is 0 Å². The Bertz CT molecular complexity index is 859. The van der Waals surface area contributed by atoms with Crippen LogP contribution < -0.4 is 4.72 Å². The summed E-state index contributed by atoms with van der Waals surface area (Å²) in [7, 11) is -7.38. The van der Waals surface area contributed by atoms with Crippen molar-refractivity contribution in [3.05, 3.63) is 24.3 Å². The van der Waals surface area contributed by atoms with Crippen molar-refractivity contribution in [2.24, 2.45) is 0 Å². The zero-order valence-electron chi connectivity index (χ0n) is 15.5. The first-order valence-corrected chi connectivity index (χ1v) is 11.9. The van der Waals surface area contributed by atoms with Gasteiger partial charge in [0.25, 0.3) is 0 Å². The van der Waals surface area contributed by atoms with Crippen LogP contribution in [-0.4, -0.2) is 65.7 Å². The number of nitrogens with zero attached hydrogens (tertiary/aromatic N) is 1. The van der Waals surface area contributed by atoms with Gasteiger partial charge in [0.05, 0.1) is 28.6 Å². The summed E-state index contributed by atoms with van der Waals surface area (Å²) in [5, 5.41) is 0. The van der Waals surface area contributed by atoms with Crippen molar-refractivity contribution in [1.29, 1.82) is 0 Å². The lowest BCUT2D eigenvalue weighted by Crippen LogP contribution is -2.45. The third kappa shape index (κ3) is 4.87. The normalized spacial score (nSPS) is 24.6. The van der Waals surface area contributed by atoms with Crippen molar-refractivity contribution in [1.82, 2.24) is 9.03 Å². The number of hydrogen-bond acceptors (Lipinski definition) is 6. The van der Waals surface area contributed by atoms with Crippen LogP contribution in [0.25, 0.3) is 0 Å². The van der Waals surface area contributed by atoms with E-state index in [0.29, 0.717) is 45.8 Å². The molecule has 10 heteroatoms. The molecule has 3 rings (SSSR count). The monoisotopic (exact) mass is 418 g/mol. The van der Waals surface area contributed by atoms with Gasteiger partial charge >= 0.3 is 0 Å². The van der Waals surface area contributed by atoms with Crippen molar-refractivity contribution in [2.45, 2.75) is 48.1 Å². The Labute approximate surface area is 160 Å². The van der Waals surface area contributed by atoms with Gasteiger partial charge in [-0.2, -0.15) is 4.31 Å². The van der Waals surface area contributed by atoms with Gasteiger partial charge in [-0.05, 0) is 51.0 Å². The highest BCUT2D eigenvalue weighted by atomic mass is 32.2. The predicted octanol–water partition coefficient (Wildman–Crippen LogP) is 0.943. The summed E-state index contributed by atoms with van der Waals surface area (Å²) in [4.78, 5) is 0.128. The minimum atomic E-state index is -3.73. The molecule has 1 atom stereocenters. The lowest BCUT2D eigenvalue weighted by atomic mass is 9.95. The van der Waals surface area contributed by atoms with Crippen LogP contribution in [-0.2, 0) is 29.5 Å². The second-order valence-corrected chi connectivity index (χ2v) is 11.1. The molecule has 0 amide bonds. The molecular formula is C17H26N2O6S2. The number of nitrogens with one attached hydrogen (secondary N) is 1. The largest absolute Gasteiger partial charge is 0.379 e. The van der Waals surface area contributed by atoms with E-state index in [9.17, 15) is 16.8 Å². The van der Waals surface area contributed by atoms with Crippen LogP contribution in [0.5, 0.6) is 0 Å². The van der Waals surface area contributed by atoms with E-state index in [0.717, 1.165) is 0 Å². The van der Waals surface area contributed by atoms with Crippen molar-refractivity contribution in [3.63, 3.8) is 0 Å². The molecule has 0 spiro atoms. The highest BCUT2D eigenvalue weighted by molar-refractivity contribution is 7.89. The summed E-state index contributed by atoms with van der Waals surface area (Å²) in [6, 6.07) is 5.14. The number of rotatable bonds is 5. The molecule has 8 nitrogen and oxygen atoms in total. The minimum Gasteiger partial charge on any atom is -0.379 e. The first-order chi connectivity index (χ1) is 12.6. The molecule has 2 aliphatic rings. The minimum absolute atomic E-state index is 0.0488. The number of ether oxygens (including phenoxy) is 2. The van der Waals surface area contributed by atoms with Crippen LogP contribution >= 0.6 is 0 Å². The molecule has 1 aromatic rings. The van der Waals surface area contributed by atoms with Crippen LogP contribution in [0.1, 0.15) is 26.7 Å². The first kappa shape index (κ1) is 20.7. The molecule has 0 aromatic heterocycles. The van der Waals surface area contributed by atoms with Gasteiger partial charge in [-0.25, -0.2) is 21.6 Å². The Morgan fingerprint density at radius 2 is 1.59 bits per heavy atom. The molecule has 2 saturated heterocycles. The maximum atomic E-state index is 12.6. The molecule has 1 N–H and O–H groups in total. The summed E-state index contributed by atoms with van der Waals surface area (Å²) in [6.45, 7) is 5.66. The third-order valence-corrected chi connectivity index (χ3v) is 8.21. The standard InChI is InChI=1S/C17H26N2O6S2/c1-17(2)13-14(7-10-25-17)18-26(20,21)15-3-5-16(6-4-15)27(22,23)19-8-11-24-12-9-19/h3-6,14,18H,7-13H2,1-2H3/t14-/m1/s1. The third-order valence-electron chi connectivity index (χ3n) is 4.76. The van der Waals surface area contributed by atoms with Gasteiger partial charge in [-0.15, -0.1) is 0 Å². The summed E-state index contributed by atoms with van der Waals surface area (Å²) in [5.41, 5.74) is -0.373. The van der Waals surface area contributed by atoms with E-state index in [1.54, 1.807) is 0 Å². The summed E-state index contributed by atoms with van der Waals surface area (Å²) < 4.78 is 65.4. The molecule has 0 radical (unpaired) electrons. The fourth-order valence-electron chi connectivity index (χ4n) is 3.35. The van der Waals surface area contributed by atoms with Gasteiger partial charge in [0.1, 0.15) is 0 Å². The fourth-order valence-corrected chi connectivity index (χ4v) is 6.03. The molecule has 0 aliphatic carbocycles. The van der Waals surface area contributed by atoms with Crippen molar-refractivity contribution in [3.8, 4) is 0 Å². The van der Waals surface area contributed by atoms with Crippen molar-refractivity contribution in [2.75, 3.05) is 32.9 Å². The summed E-state index contributed by atoms with van der Waals surface area (Å²) >= 11 is 0. The smallest absolute Gasteiger partial charge is 0.243 e. The maximum absolute atomic E-state index is 12.6. The Hall–Kier alpha value is -1.04. The van der Waals surface area contributed by atoms with E-state index in [2.05, 4.69) is 4.72 Å². The van der Waals surface area contributed by atoms with Gasteiger partial charge in [0.15, 0.2) is 0 Å². The Morgan fingerprint density at radius 3 is 2.19 bits per heavy atom. The topological polar surface area (TPSA) is 102 Å². The summed E-state index contributed by atoms with van der Waals surface area (Å²) in [6.07, 6.45) is 1.18. The summed E-state index contributed by atoms with van der Waals surface area (Å²) in [5.74, 6) is 0. The van der Waals surface area contributed by atoms with Crippen LogP contribution in [0.2, 0.25) is 0 Å². The van der Waals surface area contributed by atoms with E-state index in [4.69, 9.17) is 9.47 Å². The lowest BCUT2D eigenvalue weighted by Gasteiger charge is -2.35. The zero-order chi connectivity index (χ0) is 19.7. The number of morpholine rings is 1. The molecule has 2 aliphatic heterocycles. The average Bonchev–Trinajstić information content (AvgIpc) is 2.61. The zero-order valence-corrected chi connectivity index (χ0v) is 17.2. The highest BCUT2D eigenvalue weighted by Crippen LogP contribution is 2.25. The Balaban J connectivity index is 1.74. The van der Waals surface area contributed by atoms with Gasteiger partial charge in [-0.1, -0.05) is 0 Å². The molecule has 0 saturated carbocycles. The van der Waals surface area contributed by atoms with Crippen LogP contribution in [0.4, 0.5) is 0 Å². The van der Waals surface area contributed by atoms with Crippen LogP contribution in [0.15, 0.2) is 34.1 Å². The van der Waals surface area contributed by atoms with E-state index >= 15 is 0 Å². The van der Waals surface area contributed by atoms with E-state index in [1.807, 2.05) is 13.8 Å².